The Kier molecular flexibility index (Phi) is 5.28. The van der Waals surface area contributed by atoms with Gasteiger partial charge in [-0.15, -0.1) is 0 Å². The van der Waals surface area contributed by atoms with E-state index in [-0.39, 0.29) is 12.7 Å². The zero-order valence-electron chi connectivity index (χ0n) is 16.3. The molecule has 3 aromatic rings. The van der Waals surface area contributed by atoms with E-state index in [2.05, 4.69) is 45.0 Å². The highest BCUT2D eigenvalue weighted by atomic mass is 16.5. The van der Waals surface area contributed by atoms with Crippen LogP contribution in [0.2, 0.25) is 0 Å². The van der Waals surface area contributed by atoms with Gasteiger partial charge in [0.1, 0.15) is 11.9 Å². The summed E-state index contributed by atoms with van der Waals surface area (Å²) >= 11 is 0. The van der Waals surface area contributed by atoms with Gasteiger partial charge in [0.25, 0.3) is 0 Å². The lowest BCUT2D eigenvalue weighted by Gasteiger charge is -2.19. The predicted octanol–water partition coefficient (Wildman–Crippen LogP) is 5.29. The number of rotatable bonds is 5. The number of para-hydroxylation sites is 1. The molecule has 1 unspecified atom stereocenters. The van der Waals surface area contributed by atoms with E-state index >= 15 is 0 Å². The molecule has 0 aliphatic rings. The molecule has 0 bridgehead atoms. The zero-order chi connectivity index (χ0) is 18.8. The molecule has 2 aromatic carbocycles. The highest BCUT2D eigenvalue weighted by Crippen LogP contribution is 2.36. The van der Waals surface area contributed by atoms with Crippen LogP contribution in [0.4, 0.5) is 0 Å². The smallest absolute Gasteiger partial charge is 0.131 e. The molecule has 3 heteroatoms. The molecule has 0 saturated heterocycles. The fourth-order valence-electron chi connectivity index (χ4n) is 3.67. The van der Waals surface area contributed by atoms with Gasteiger partial charge in [0, 0.05) is 22.7 Å². The number of aliphatic hydroxyl groups is 1. The molecular formula is C23H27NO2. The second kappa shape index (κ2) is 7.46. The first kappa shape index (κ1) is 18.4. The van der Waals surface area contributed by atoms with Gasteiger partial charge in [-0.05, 0) is 56.9 Å². The third-order valence-corrected chi connectivity index (χ3v) is 4.83. The van der Waals surface area contributed by atoms with Crippen LogP contribution in [-0.2, 0) is 0 Å². The van der Waals surface area contributed by atoms with Crippen molar-refractivity contribution in [1.29, 1.82) is 0 Å². The van der Waals surface area contributed by atoms with E-state index in [9.17, 15) is 5.11 Å². The van der Waals surface area contributed by atoms with Crippen LogP contribution in [0.5, 0.6) is 5.75 Å². The highest BCUT2D eigenvalue weighted by molar-refractivity contribution is 5.98. The molecule has 1 N–H and O–H groups in total. The summed E-state index contributed by atoms with van der Waals surface area (Å²) in [7, 11) is 0. The van der Waals surface area contributed by atoms with E-state index in [0.717, 1.165) is 34.3 Å². The van der Waals surface area contributed by atoms with Crippen LogP contribution in [0, 0.1) is 27.7 Å². The quantitative estimate of drug-likeness (QED) is 0.681. The van der Waals surface area contributed by atoms with E-state index < -0.39 is 0 Å². The Hall–Kier alpha value is -2.39. The molecule has 0 fully saturated rings. The SMILES string of the molecule is CCC(CO)Oc1cc(C)nc2c(-c3c(C)cc(C)cc3C)cccc12. The van der Waals surface area contributed by atoms with Gasteiger partial charge in [0.05, 0.1) is 12.1 Å². The average molecular weight is 349 g/mol. The second-order valence-corrected chi connectivity index (χ2v) is 7.07. The Labute approximate surface area is 155 Å². The number of ether oxygens (including phenoxy) is 1. The van der Waals surface area contributed by atoms with E-state index in [1.165, 1.54) is 22.3 Å². The maximum Gasteiger partial charge on any atom is 0.131 e. The number of aryl methyl sites for hydroxylation is 4. The summed E-state index contributed by atoms with van der Waals surface area (Å²) in [6.45, 7) is 10.4. The summed E-state index contributed by atoms with van der Waals surface area (Å²) in [5.74, 6) is 0.790. The minimum atomic E-state index is -0.202. The minimum absolute atomic E-state index is 0.00916. The van der Waals surface area contributed by atoms with Crippen LogP contribution in [-0.4, -0.2) is 22.8 Å². The fourth-order valence-corrected chi connectivity index (χ4v) is 3.67. The normalized spacial score (nSPS) is 12.4. The van der Waals surface area contributed by atoms with Crippen LogP contribution in [0.1, 0.15) is 35.7 Å². The van der Waals surface area contributed by atoms with Crippen molar-refractivity contribution in [1.82, 2.24) is 4.98 Å². The Balaban J connectivity index is 2.25. The number of aromatic nitrogens is 1. The Morgan fingerprint density at radius 1 is 1.04 bits per heavy atom. The third-order valence-electron chi connectivity index (χ3n) is 4.83. The maximum atomic E-state index is 9.52. The molecule has 26 heavy (non-hydrogen) atoms. The molecule has 3 rings (SSSR count). The van der Waals surface area contributed by atoms with Gasteiger partial charge in [-0.3, -0.25) is 4.98 Å². The number of hydrogen-bond acceptors (Lipinski definition) is 3. The predicted molar refractivity (Wildman–Crippen MR) is 108 cm³/mol. The molecule has 0 spiro atoms. The molecule has 3 nitrogen and oxygen atoms in total. The van der Waals surface area contributed by atoms with E-state index in [1.54, 1.807) is 0 Å². The molecule has 136 valence electrons. The van der Waals surface area contributed by atoms with Gasteiger partial charge in [0.2, 0.25) is 0 Å². The summed E-state index contributed by atoms with van der Waals surface area (Å²) in [6.07, 6.45) is 0.557. The van der Waals surface area contributed by atoms with Gasteiger partial charge in [-0.1, -0.05) is 36.8 Å². The molecular weight excluding hydrogens is 322 g/mol. The first-order chi connectivity index (χ1) is 12.4. The van der Waals surface area contributed by atoms with Crippen molar-refractivity contribution < 1.29 is 9.84 Å². The van der Waals surface area contributed by atoms with Gasteiger partial charge >= 0.3 is 0 Å². The summed E-state index contributed by atoms with van der Waals surface area (Å²) < 4.78 is 6.09. The second-order valence-electron chi connectivity index (χ2n) is 7.07. The number of nitrogens with zero attached hydrogens (tertiary/aromatic N) is 1. The topological polar surface area (TPSA) is 42.4 Å². The first-order valence-corrected chi connectivity index (χ1v) is 9.20. The molecule has 0 aliphatic carbocycles. The van der Waals surface area contributed by atoms with Crippen molar-refractivity contribution >= 4 is 10.9 Å². The number of hydrogen-bond donors (Lipinski definition) is 1. The zero-order valence-corrected chi connectivity index (χ0v) is 16.3. The van der Waals surface area contributed by atoms with Crippen molar-refractivity contribution in [2.75, 3.05) is 6.61 Å². The molecule has 1 aromatic heterocycles. The van der Waals surface area contributed by atoms with E-state index in [1.807, 2.05) is 26.0 Å². The van der Waals surface area contributed by atoms with Crippen LogP contribution >= 0.6 is 0 Å². The van der Waals surface area contributed by atoms with Crippen molar-refractivity contribution in [2.45, 2.75) is 47.1 Å². The standard InChI is InChI=1S/C23H27NO2/c1-6-18(13-25)26-21-12-17(5)24-23-19(21)8-7-9-20(23)22-15(3)10-14(2)11-16(22)4/h7-12,18,25H,6,13H2,1-5H3. The monoisotopic (exact) mass is 349 g/mol. The molecule has 1 atom stereocenters. The summed E-state index contributed by atoms with van der Waals surface area (Å²) in [5.41, 5.74) is 8.00. The Bertz CT molecular complexity index is 919. The summed E-state index contributed by atoms with van der Waals surface area (Å²) in [6, 6.07) is 12.6. The largest absolute Gasteiger partial charge is 0.487 e. The molecule has 0 amide bonds. The van der Waals surface area contributed by atoms with Gasteiger partial charge in [-0.25, -0.2) is 0 Å². The Morgan fingerprint density at radius 3 is 2.35 bits per heavy atom. The summed E-state index contributed by atoms with van der Waals surface area (Å²) in [4.78, 5) is 4.83. The number of benzene rings is 2. The molecule has 1 heterocycles. The molecule has 0 saturated carbocycles. The lowest BCUT2D eigenvalue weighted by atomic mass is 9.92. The van der Waals surface area contributed by atoms with Crippen LogP contribution < -0.4 is 4.74 Å². The number of aliphatic hydroxyl groups excluding tert-OH is 1. The summed E-state index contributed by atoms with van der Waals surface area (Å²) in [5, 5.41) is 10.5. The van der Waals surface area contributed by atoms with Crippen molar-refractivity contribution in [3.63, 3.8) is 0 Å². The van der Waals surface area contributed by atoms with Gasteiger partial charge in [0.15, 0.2) is 0 Å². The minimum Gasteiger partial charge on any atom is -0.487 e. The Morgan fingerprint density at radius 2 is 1.73 bits per heavy atom. The van der Waals surface area contributed by atoms with Gasteiger partial charge in [-0.2, -0.15) is 0 Å². The van der Waals surface area contributed by atoms with E-state index in [4.69, 9.17) is 9.72 Å². The van der Waals surface area contributed by atoms with Gasteiger partial charge < -0.3 is 9.84 Å². The number of fused-ring (bicyclic) bond motifs is 1. The third kappa shape index (κ3) is 3.45. The maximum absolute atomic E-state index is 9.52. The average Bonchev–Trinajstić information content (AvgIpc) is 2.59. The molecule has 0 aliphatic heterocycles. The molecule has 0 radical (unpaired) electrons. The van der Waals surface area contributed by atoms with Crippen molar-refractivity contribution in [2.24, 2.45) is 0 Å². The van der Waals surface area contributed by atoms with Crippen molar-refractivity contribution in [3.8, 4) is 16.9 Å². The highest BCUT2D eigenvalue weighted by Gasteiger charge is 2.16. The fraction of sp³-hybridized carbons (Fsp3) is 0.348. The van der Waals surface area contributed by atoms with Crippen molar-refractivity contribution in [3.05, 3.63) is 58.8 Å². The number of pyridine rings is 1. The van der Waals surface area contributed by atoms with Crippen LogP contribution in [0.25, 0.3) is 22.0 Å². The first-order valence-electron chi connectivity index (χ1n) is 9.20. The lowest BCUT2D eigenvalue weighted by Crippen LogP contribution is -2.20. The lowest BCUT2D eigenvalue weighted by molar-refractivity contribution is 0.114. The van der Waals surface area contributed by atoms with Crippen LogP contribution in [0.3, 0.4) is 0 Å². The van der Waals surface area contributed by atoms with E-state index in [0.29, 0.717) is 0 Å². The van der Waals surface area contributed by atoms with Crippen LogP contribution in [0.15, 0.2) is 36.4 Å².